The summed E-state index contributed by atoms with van der Waals surface area (Å²) in [6, 6.07) is 0. The van der Waals surface area contributed by atoms with Crippen LogP contribution in [0.4, 0.5) is 0 Å². The van der Waals surface area contributed by atoms with Crippen molar-refractivity contribution in [2.45, 2.75) is 19.8 Å². The van der Waals surface area contributed by atoms with Crippen molar-refractivity contribution in [3.05, 3.63) is 12.0 Å². The normalized spacial score (nSPS) is 11.2. The van der Waals surface area contributed by atoms with Gasteiger partial charge in [0.05, 0.1) is 0 Å². The molecule has 0 fully saturated rings. The first-order valence-corrected chi connectivity index (χ1v) is 3.68. The Hall–Kier alpha value is -0.860. The maximum atomic E-state index is 5.28. The summed E-state index contributed by atoms with van der Waals surface area (Å²) < 4.78 is 0. The summed E-state index contributed by atoms with van der Waals surface area (Å²) in [6.07, 6.45) is 3.92. The average molecular weight is 143 g/mol. The van der Waals surface area contributed by atoms with Crippen molar-refractivity contribution < 1.29 is 0 Å². The van der Waals surface area contributed by atoms with E-state index < -0.39 is 0 Å². The summed E-state index contributed by atoms with van der Waals surface area (Å²) in [5, 5.41) is 6.08. The minimum absolute atomic E-state index is 0.897. The molecule has 0 radical (unpaired) electrons. The zero-order valence-corrected chi connectivity index (χ0v) is 6.78. The Labute approximate surface area is 62.7 Å². The third-order valence-electron chi connectivity index (χ3n) is 1.28. The molecule has 0 aromatic heterocycles. The van der Waals surface area contributed by atoms with Gasteiger partial charge in [-0.15, -0.1) is 0 Å². The average Bonchev–Trinajstić information content (AvgIpc) is 1.99. The van der Waals surface area contributed by atoms with Crippen molar-refractivity contribution in [2.24, 2.45) is 5.73 Å². The Kier molecular flexibility index (Phi) is 5.72. The number of unbranched alkanes of at least 4 members (excludes halogenated alkanes) is 1. The van der Waals surface area contributed by atoms with Gasteiger partial charge in [-0.25, -0.2) is 0 Å². The Morgan fingerprint density at radius 2 is 2.30 bits per heavy atom. The maximum absolute atomic E-state index is 5.28. The first-order chi connectivity index (χ1) is 4.85. The summed E-state index contributed by atoms with van der Waals surface area (Å²) in [6.45, 7) is 3.15. The fourth-order valence-electron chi connectivity index (χ4n) is 0.630. The van der Waals surface area contributed by atoms with Crippen LogP contribution in [-0.4, -0.2) is 13.6 Å². The number of hydrogen-bond acceptors (Lipinski definition) is 3. The second-order valence-electron chi connectivity index (χ2n) is 2.11. The van der Waals surface area contributed by atoms with Gasteiger partial charge in [0.1, 0.15) is 5.82 Å². The smallest absolute Gasteiger partial charge is 0.114 e. The minimum atomic E-state index is 0.897. The SMILES string of the molecule is CCCCN/C(=C/N)NC. The summed E-state index contributed by atoms with van der Waals surface area (Å²) >= 11 is 0. The zero-order valence-electron chi connectivity index (χ0n) is 6.78. The second kappa shape index (κ2) is 6.26. The van der Waals surface area contributed by atoms with E-state index in [2.05, 4.69) is 17.6 Å². The number of nitrogens with one attached hydrogen (secondary N) is 2. The van der Waals surface area contributed by atoms with Gasteiger partial charge in [-0.05, 0) is 6.42 Å². The van der Waals surface area contributed by atoms with Crippen LogP contribution in [0.5, 0.6) is 0 Å². The highest BCUT2D eigenvalue weighted by atomic mass is 15.1. The van der Waals surface area contributed by atoms with Crippen LogP contribution in [0.2, 0.25) is 0 Å². The Balaban J connectivity index is 3.27. The third-order valence-corrected chi connectivity index (χ3v) is 1.28. The van der Waals surface area contributed by atoms with Gasteiger partial charge in [-0.3, -0.25) is 0 Å². The molecule has 3 nitrogen and oxygen atoms in total. The van der Waals surface area contributed by atoms with Crippen molar-refractivity contribution >= 4 is 0 Å². The molecule has 4 N–H and O–H groups in total. The van der Waals surface area contributed by atoms with Crippen molar-refractivity contribution in [3.8, 4) is 0 Å². The van der Waals surface area contributed by atoms with E-state index in [1.807, 2.05) is 7.05 Å². The molecule has 0 spiro atoms. The summed E-state index contributed by atoms with van der Waals surface area (Å²) in [4.78, 5) is 0. The summed E-state index contributed by atoms with van der Waals surface area (Å²) in [5.74, 6) is 0.897. The zero-order chi connectivity index (χ0) is 7.82. The Morgan fingerprint density at radius 1 is 1.60 bits per heavy atom. The summed E-state index contributed by atoms with van der Waals surface area (Å²) in [5.41, 5.74) is 5.28. The first kappa shape index (κ1) is 9.14. The molecule has 0 atom stereocenters. The fourth-order valence-corrected chi connectivity index (χ4v) is 0.630. The van der Waals surface area contributed by atoms with Gasteiger partial charge in [-0.2, -0.15) is 0 Å². The molecule has 0 aromatic carbocycles. The van der Waals surface area contributed by atoms with Crippen molar-refractivity contribution in [2.75, 3.05) is 13.6 Å². The van der Waals surface area contributed by atoms with Gasteiger partial charge in [0.25, 0.3) is 0 Å². The van der Waals surface area contributed by atoms with E-state index in [-0.39, 0.29) is 0 Å². The van der Waals surface area contributed by atoms with Crippen LogP contribution >= 0.6 is 0 Å². The predicted molar refractivity (Wildman–Crippen MR) is 44.2 cm³/mol. The maximum Gasteiger partial charge on any atom is 0.114 e. The van der Waals surface area contributed by atoms with Crippen molar-refractivity contribution in [1.29, 1.82) is 0 Å². The van der Waals surface area contributed by atoms with Gasteiger partial charge in [0.15, 0.2) is 0 Å². The molecule has 0 aliphatic carbocycles. The number of hydrogen-bond donors (Lipinski definition) is 3. The molecular weight excluding hydrogens is 126 g/mol. The molecule has 0 heterocycles. The molecule has 0 amide bonds. The number of nitrogens with two attached hydrogens (primary N) is 1. The third kappa shape index (κ3) is 4.06. The Bertz CT molecular complexity index is 99.0. The molecule has 0 aliphatic heterocycles. The molecule has 0 unspecified atom stereocenters. The van der Waals surface area contributed by atoms with Crippen LogP contribution < -0.4 is 16.4 Å². The van der Waals surface area contributed by atoms with E-state index in [0.717, 1.165) is 12.4 Å². The Morgan fingerprint density at radius 3 is 2.70 bits per heavy atom. The summed E-state index contributed by atoms with van der Waals surface area (Å²) in [7, 11) is 1.84. The van der Waals surface area contributed by atoms with E-state index in [4.69, 9.17) is 5.73 Å². The lowest BCUT2D eigenvalue weighted by Crippen LogP contribution is -2.25. The molecule has 3 heteroatoms. The van der Waals surface area contributed by atoms with Crippen LogP contribution in [-0.2, 0) is 0 Å². The molecule has 0 saturated heterocycles. The second-order valence-corrected chi connectivity index (χ2v) is 2.11. The number of rotatable bonds is 5. The van der Waals surface area contributed by atoms with Crippen LogP contribution in [0, 0.1) is 0 Å². The van der Waals surface area contributed by atoms with Crippen molar-refractivity contribution in [1.82, 2.24) is 10.6 Å². The molecule has 0 aromatic rings. The molecular formula is C7H17N3. The highest BCUT2D eigenvalue weighted by molar-refractivity contribution is 4.92. The van der Waals surface area contributed by atoms with Gasteiger partial charge >= 0.3 is 0 Å². The largest absolute Gasteiger partial charge is 0.402 e. The monoisotopic (exact) mass is 143 g/mol. The van der Waals surface area contributed by atoms with Gasteiger partial charge in [0, 0.05) is 19.8 Å². The van der Waals surface area contributed by atoms with Gasteiger partial charge in [-0.1, -0.05) is 13.3 Å². The topological polar surface area (TPSA) is 50.1 Å². The standard InChI is InChI=1S/C7H17N3/c1-3-4-5-10-7(6-8)9-2/h6,9-10H,3-5,8H2,1-2H3/b7-6+. The molecule has 0 saturated carbocycles. The van der Waals surface area contributed by atoms with E-state index in [1.54, 1.807) is 0 Å². The van der Waals surface area contributed by atoms with E-state index in [0.29, 0.717) is 0 Å². The predicted octanol–water partition coefficient (Wildman–Crippen LogP) is 0.353. The molecule has 60 valence electrons. The van der Waals surface area contributed by atoms with E-state index in [1.165, 1.54) is 19.0 Å². The van der Waals surface area contributed by atoms with E-state index in [9.17, 15) is 0 Å². The fraction of sp³-hybridized carbons (Fsp3) is 0.714. The van der Waals surface area contributed by atoms with Gasteiger partial charge < -0.3 is 16.4 Å². The van der Waals surface area contributed by atoms with Crippen LogP contribution in [0.15, 0.2) is 12.0 Å². The van der Waals surface area contributed by atoms with Crippen LogP contribution in [0.25, 0.3) is 0 Å². The highest BCUT2D eigenvalue weighted by Crippen LogP contribution is 1.84. The lowest BCUT2D eigenvalue weighted by molar-refractivity contribution is 0.674. The molecule has 0 aliphatic rings. The molecule has 10 heavy (non-hydrogen) atoms. The van der Waals surface area contributed by atoms with Crippen LogP contribution in [0.3, 0.4) is 0 Å². The minimum Gasteiger partial charge on any atom is -0.402 e. The molecule has 0 bridgehead atoms. The highest BCUT2D eigenvalue weighted by Gasteiger charge is 1.87. The van der Waals surface area contributed by atoms with Gasteiger partial charge in [0.2, 0.25) is 0 Å². The quantitative estimate of drug-likeness (QED) is 0.487. The molecule has 0 rings (SSSR count). The lowest BCUT2D eigenvalue weighted by Gasteiger charge is -2.07. The van der Waals surface area contributed by atoms with Crippen LogP contribution in [0.1, 0.15) is 19.8 Å². The van der Waals surface area contributed by atoms with E-state index >= 15 is 0 Å². The lowest BCUT2D eigenvalue weighted by atomic mass is 10.3. The van der Waals surface area contributed by atoms with Crippen molar-refractivity contribution in [3.63, 3.8) is 0 Å². The first-order valence-electron chi connectivity index (χ1n) is 3.68.